The number of quaternary nitrogens is 1. The van der Waals surface area contributed by atoms with E-state index >= 15 is 0 Å². The van der Waals surface area contributed by atoms with E-state index in [4.69, 9.17) is 40.0 Å². The number of nitrogens with one attached hydrogen (secondary N) is 1. The van der Waals surface area contributed by atoms with E-state index in [1.165, 1.54) is 0 Å². The van der Waals surface area contributed by atoms with Crippen LogP contribution in [0.3, 0.4) is 0 Å². The summed E-state index contributed by atoms with van der Waals surface area (Å²) in [6.45, 7) is 11.9. The van der Waals surface area contributed by atoms with Gasteiger partial charge in [0, 0.05) is 17.7 Å². The maximum absolute atomic E-state index is 14.3. The average Bonchev–Trinajstić information content (AvgIpc) is 3.38. The van der Waals surface area contributed by atoms with Crippen molar-refractivity contribution in [2.24, 2.45) is 0 Å². The van der Waals surface area contributed by atoms with E-state index in [1.807, 2.05) is 71.0 Å². The Morgan fingerprint density at radius 3 is 2.59 bits per heavy atom. The minimum absolute atomic E-state index is 0.0328. The summed E-state index contributed by atoms with van der Waals surface area (Å²) in [7, 11) is -6.48. The molecule has 5 rings (SSSR count). The molecule has 44 heavy (non-hydrogen) atoms. The van der Waals surface area contributed by atoms with Crippen molar-refractivity contribution in [3.63, 3.8) is 0 Å². The van der Waals surface area contributed by atoms with Crippen LogP contribution in [0.5, 0.6) is 5.75 Å². The Labute approximate surface area is 263 Å². The van der Waals surface area contributed by atoms with Crippen molar-refractivity contribution in [2.45, 2.75) is 53.1 Å². The molecule has 0 spiro atoms. The van der Waals surface area contributed by atoms with Crippen LogP contribution >= 0.6 is 27.9 Å². The third-order valence-electron chi connectivity index (χ3n) is 7.44. The number of imidazole rings is 1. The Morgan fingerprint density at radius 2 is 1.89 bits per heavy atom. The zero-order chi connectivity index (χ0) is 31.5. The van der Waals surface area contributed by atoms with Crippen LogP contribution in [0.2, 0.25) is 11.6 Å². The lowest BCUT2D eigenvalue weighted by Gasteiger charge is -2.37. The predicted octanol–water partition coefficient (Wildman–Crippen LogP) is 6.20. The summed E-state index contributed by atoms with van der Waals surface area (Å²) < 4.78 is 47.4. The van der Waals surface area contributed by atoms with E-state index in [9.17, 15) is 4.57 Å². The average molecular weight is 665 g/mol. The van der Waals surface area contributed by atoms with Crippen LogP contribution in [0.15, 0.2) is 48.8 Å². The van der Waals surface area contributed by atoms with E-state index in [2.05, 4.69) is 20.0 Å². The highest BCUT2D eigenvalue weighted by Crippen LogP contribution is 2.60. The minimum Gasteiger partial charge on any atom is -0.412 e. The number of anilines is 1. The summed E-state index contributed by atoms with van der Waals surface area (Å²) in [5.74, 6) is 0.631. The zero-order valence-electron chi connectivity index (χ0n) is 25.4. The fourth-order valence-electron chi connectivity index (χ4n) is 4.91. The zero-order valence-corrected chi connectivity index (χ0v) is 28.0. The molecule has 3 unspecified atom stereocenters. The second kappa shape index (κ2) is 13.9. The number of hydrogen-bond acceptors (Lipinski definition) is 10. The van der Waals surface area contributed by atoms with Gasteiger partial charge in [0.2, 0.25) is 5.28 Å². The molecule has 236 valence electrons. The first-order valence-electron chi connectivity index (χ1n) is 14.6. The van der Waals surface area contributed by atoms with Crippen LogP contribution in [0.4, 0.5) is 5.82 Å². The standard InChI is InChI=1S/C27H38BClN7O6P2/c1-6-36(7-2,8-3)41-43(38-17-21-16-28(39-21)35-18-31-24-25(30)32-27(29)33-26(24)35)42-44(37,34-19(4)5)40-23-15-11-13-20-12-9-10-14-22(20)23/h9-15,18-19,21H,6-8,16-17H2,1-5H3,(H,34,37)(H2,30,32,33)/q+1. The van der Waals surface area contributed by atoms with E-state index in [-0.39, 0.29) is 41.6 Å². The van der Waals surface area contributed by atoms with Crippen LogP contribution in [0.1, 0.15) is 34.6 Å². The Balaban J connectivity index is 1.33. The number of nitrogen functional groups attached to an aromatic ring is 1. The Hall–Kier alpha value is -2.38. The van der Waals surface area contributed by atoms with Gasteiger partial charge in [-0.3, -0.25) is 0 Å². The van der Waals surface area contributed by atoms with Gasteiger partial charge in [-0.15, -0.1) is 4.62 Å². The fourth-order valence-corrected chi connectivity index (χ4v) is 8.48. The van der Waals surface area contributed by atoms with E-state index in [0.717, 1.165) is 10.8 Å². The molecule has 4 aromatic rings. The maximum Gasteiger partial charge on any atom is 0.465 e. The third kappa shape index (κ3) is 7.36. The lowest BCUT2D eigenvalue weighted by atomic mass is 9.68. The first-order valence-corrected chi connectivity index (χ1v) is 17.6. The highest BCUT2D eigenvalue weighted by Gasteiger charge is 2.43. The molecule has 2 aromatic heterocycles. The van der Waals surface area contributed by atoms with Gasteiger partial charge < -0.3 is 23.9 Å². The number of nitrogens with zero attached hydrogens (tertiary/aromatic N) is 5. The SMILES string of the molecule is CC[N+](CC)(CC)OP(OCC1CB(n2cnc3c(N)nc(Cl)nc32)O1)OP(=O)(NC(C)C)Oc1cccc2ccccc12. The molecule has 1 fully saturated rings. The van der Waals surface area contributed by atoms with Crippen molar-refractivity contribution in [3.05, 3.63) is 54.1 Å². The maximum atomic E-state index is 14.3. The highest BCUT2D eigenvalue weighted by molar-refractivity contribution is 7.61. The third-order valence-corrected chi connectivity index (χ3v) is 11.1. The van der Waals surface area contributed by atoms with Crippen LogP contribution in [0, 0.1) is 0 Å². The van der Waals surface area contributed by atoms with Gasteiger partial charge in [-0.25, -0.2) is 18.9 Å². The number of hydrogen-bond donors (Lipinski definition) is 2. The molecule has 0 amide bonds. The lowest BCUT2D eigenvalue weighted by molar-refractivity contribution is -1.08. The molecule has 0 aliphatic carbocycles. The monoisotopic (exact) mass is 664 g/mol. The van der Waals surface area contributed by atoms with Crippen LogP contribution in [-0.4, -0.2) is 69.5 Å². The molecule has 3 atom stereocenters. The van der Waals surface area contributed by atoms with Crippen LogP contribution in [0.25, 0.3) is 21.9 Å². The number of rotatable bonds is 15. The van der Waals surface area contributed by atoms with Crippen LogP contribution in [-0.2, 0) is 22.7 Å². The number of aromatic nitrogens is 4. The number of halogens is 1. The summed E-state index contributed by atoms with van der Waals surface area (Å²) >= 11 is 6.01. The Morgan fingerprint density at radius 1 is 1.18 bits per heavy atom. The molecule has 1 aliphatic rings. The van der Waals surface area contributed by atoms with Gasteiger partial charge in [0.05, 0.1) is 19.0 Å². The van der Waals surface area contributed by atoms with Crippen molar-refractivity contribution in [2.75, 3.05) is 32.0 Å². The van der Waals surface area contributed by atoms with E-state index in [0.29, 0.717) is 42.9 Å². The molecule has 3 heterocycles. The smallest absolute Gasteiger partial charge is 0.412 e. The number of nitrogens with two attached hydrogens (primary N) is 1. The molecular formula is C27H38BClN7O6P2+. The first-order chi connectivity index (χ1) is 21.1. The summed E-state index contributed by atoms with van der Waals surface area (Å²) in [5.41, 5.74) is 6.88. The molecule has 1 saturated heterocycles. The topological polar surface area (TPSA) is 145 Å². The molecule has 2 aromatic carbocycles. The Kier molecular flexibility index (Phi) is 10.5. The van der Waals surface area contributed by atoms with Gasteiger partial charge >= 0.3 is 23.4 Å². The quantitative estimate of drug-likeness (QED) is 0.0492. The van der Waals surface area contributed by atoms with Crippen molar-refractivity contribution in [1.29, 1.82) is 0 Å². The minimum atomic E-state index is -3.99. The lowest BCUT2D eigenvalue weighted by Crippen LogP contribution is -2.48. The summed E-state index contributed by atoms with van der Waals surface area (Å²) in [6, 6.07) is 13.1. The Bertz CT molecular complexity index is 1630. The molecule has 3 N–H and O–H groups in total. The molecule has 17 heteroatoms. The second-order valence-electron chi connectivity index (χ2n) is 10.7. The molecule has 0 saturated carbocycles. The van der Waals surface area contributed by atoms with Gasteiger partial charge in [-0.2, -0.15) is 14.6 Å². The van der Waals surface area contributed by atoms with Gasteiger partial charge in [-0.05, 0) is 57.7 Å². The van der Waals surface area contributed by atoms with Crippen molar-refractivity contribution in [1.82, 2.24) is 24.5 Å². The molecule has 0 bridgehead atoms. The van der Waals surface area contributed by atoms with E-state index < -0.39 is 16.3 Å². The van der Waals surface area contributed by atoms with Crippen molar-refractivity contribution >= 4 is 62.8 Å². The number of fused-ring (bicyclic) bond motifs is 2. The van der Waals surface area contributed by atoms with Crippen molar-refractivity contribution < 1.29 is 31.8 Å². The molecular weight excluding hydrogens is 627 g/mol. The van der Waals surface area contributed by atoms with Gasteiger partial charge in [-0.1, -0.05) is 36.4 Å². The molecule has 1 aliphatic heterocycles. The van der Waals surface area contributed by atoms with Gasteiger partial charge in [0.25, 0.3) is 0 Å². The van der Waals surface area contributed by atoms with Gasteiger partial charge in [0.15, 0.2) is 11.5 Å². The number of benzene rings is 2. The second-order valence-corrected chi connectivity index (χ2v) is 14.0. The summed E-state index contributed by atoms with van der Waals surface area (Å²) in [4.78, 5) is 12.5. The normalized spacial score (nSPS) is 17.6. The van der Waals surface area contributed by atoms with Crippen LogP contribution < -0.4 is 15.3 Å². The highest BCUT2D eigenvalue weighted by atomic mass is 35.5. The largest absolute Gasteiger partial charge is 0.465 e. The molecule has 0 radical (unpaired) electrons. The fraction of sp³-hybridized carbons (Fsp3) is 0.444. The summed E-state index contributed by atoms with van der Waals surface area (Å²) in [5, 5.41) is 4.79. The predicted molar refractivity (Wildman–Crippen MR) is 173 cm³/mol. The molecule has 13 nitrogen and oxygen atoms in total. The van der Waals surface area contributed by atoms with E-state index in [1.54, 1.807) is 16.9 Å². The van der Waals surface area contributed by atoms with Gasteiger partial charge in [0.1, 0.15) is 30.9 Å². The summed E-state index contributed by atoms with van der Waals surface area (Å²) in [6.07, 6.45) is 1.91. The van der Waals surface area contributed by atoms with Crippen molar-refractivity contribution in [3.8, 4) is 5.75 Å². The first kappa shape index (κ1) is 33.0. The number of hydroxylamine groups is 3.